The molecule has 2 N–H and O–H groups in total. The van der Waals surface area contributed by atoms with Crippen molar-refractivity contribution in [3.05, 3.63) is 76.3 Å². The predicted molar refractivity (Wildman–Crippen MR) is 136 cm³/mol. The molecular weight excluding hydrogens is 534 g/mol. The van der Waals surface area contributed by atoms with Crippen LogP contribution in [0.2, 0.25) is 0 Å². The molecule has 0 saturated heterocycles. The lowest BCUT2D eigenvalue weighted by Gasteiger charge is -2.11. The van der Waals surface area contributed by atoms with Gasteiger partial charge in [-0.15, -0.1) is 0 Å². The van der Waals surface area contributed by atoms with Crippen LogP contribution in [-0.4, -0.2) is 45.3 Å². The Morgan fingerprint density at radius 3 is 2.17 bits per heavy atom. The van der Waals surface area contributed by atoms with Crippen molar-refractivity contribution in [1.29, 1.82) is 0 Å². The first-order chi connectivity index (χ1) is 17.3. The van der Waals surface area contributed by atoms with Gasteiger partial charge in [0.25, 0.3) is 0 Å². The number of rotatable bonds is 8. The van der Waals surface area contributed by atoms with Gasteiger partial charge in [-0.25, -0.2) is 10.2 Å². The minimum absolute atomic E-state index is 0.179. The second kappa shape index (κ2) is 12.4. The molecule has 0 spiro atoms. The first kappa shape index (κ1) is 26.2. The third-order valence-corrected chi connectivity index (χ3v) is 5.21. The number of esters is 1. The Labute approximate surface area is 215 Å². The van der Waals surface area contributed by atoms with Crippen LogP contribution >= 0.6 is 15.9 Å². The number of benzene rings is 3. The first-order valence-electron chi connectivity index (χ1n) is 10.4. The molecular formula is C25H22BrN3O7. The average molecular weight is 556 g/mol. The number of hydrazone groups is 1. The van der Waals surface area contributed by atoms with Gasteiger partial charge in [0.15, 0.2) is 11.5 Å². The molecule has 0 aromatic heterocycles. The number of ether oxygens (including phenoxy) is 4. The van der Waals surface area contributed by atoms with Gasteiger partial charge in [0.2, 0.25) is 0 Å². The lowest BCUT2D eigenvalue weighted by Crippen LogP contribution is -2.32. The van der Waals surface area contributed by atoms with E-state index in [1.807, 2.05) is 0 Å². The second-order valence-electron chi connectivity index (χ2n) is 7.02. The Hall–Kier alpha value is -4.38. The monoisotopic (exact) mass is 555 g/mol. The van der Waals surface area contributed by atoms with Gasteiger partial charge in [0, 0.05) is 15.7 Å². The zero-order valence-corrected chi connectivity index (χ0v) is 21.1. The zero-order valence-electron chi connectivity index (χ0n) is 19.5. The minimum Gasteiger partial charge on any atom is -0.497 e. The smallest absolute Gasteiger partial charge is 0.343 e. The Morgan fingerprint density at radius 2 is 1.50 bits per heavy atom. The third-order valence-electron chi connectivity index (χ3n) is 4.72. The predicted octanol–water partition coefficient (Wildman–Crippen LogP) is 3.78. The first-order valence-corrected chi connectivity index (χ1v) is 11.2. The molecule has 3 aromatic rings. The van der Waals surface area contributed by atoms with Gasteiger partial charge in [-0.1, -0.05) is 15.9 Å². The van der Waals surface area contributed by atoms with E-state index < -0.39 is 17.8 Å². The van der Waals surface area contributed by atoms with Gasteiger partial charge < -0.3 is 24.3 Å². The van der Waals surface area contributed by atoms with E-state index in [0.29, 0.717) is 33.0 Å². The molecule has 0 aliphatic rings. The van der Waals surface area contributed by atoms with E-state index in [1.165, 1.54) is 39.7 Å². The van der Waals surface area contributed by atoms with Crippen LogP contribution in [0.25, 0.3) is 0 Å². The number of anilines is 1. The summed E-state index contributed by atoms with van der Waals surface area (Å²) in [4.78, 5) is 36.9. The summed E-state index contributed by atoms with van der Waals surface area (Å²) in [5.41, 5.74) is 3.16. The fraction of sp³-hybridized carbons (Fsp3) is 0.120. The summed E-state index contributed by atoms with van der Waals surface area (Å²) >= 11 is 3.34. The Balaban J connectivity index is 1.67. The number of carbonyl (C=O) groups is 3. The Morgan fingerprint density at radius 1 is 0.806 bits per heavy atom. The van der Waals surface area contributed by atoms with E-state index >= 15 is 0 Å². The topological polar surface area (TPSA) is 125 Å². The molecule has 3 aromatic carbocycles. The quantitative estimate of drug-likeness (QED) is 0.142. The summed E-state index contributed by atoms with van der Waals surface area (Å²) in [5, 5.41) is 6.26. The van der Waals surface area contributed by atoms with Crippen molar-refractivity contribution in [3.8, 4) is 23.0 Å². The number of nitrogens with one attached hydrogen (secondary N) is 2. The molecule has 11 heteroatoms. The fourth-order valence-electron chi connectivity index (χ4n) is 2.91. The van der Waals surface area contributed by atoms with Crippen molar-refractivity contribution < 1.29 is 33.3 Å². The molecule has 0 fully saturated rings. The molecule has 0 saturated carbocycles. The van der Waals surface area contributed by atoms with Crippen LogP contribution in [-0.2, 0) is 9.59 Å². The van der Waals surface area contributed by atoms with Crippen LogP contribution in [0.4, 0.5) is 5.69 Å². The van der Waals surface area contributed by atoms with E-state index in [0.717, 1.165) is 0 Å². The molecule has 0 unspecified atom stereocenters. The molecule has 36 heavy (non-hydrogen) atoms. The largest absolute Gasteiger partial charge is 0.497 e. The van der Waals surface area contributed by atoms with Crippen molar-refractivity contribution >= 4 is 45.6 Å². The van der Waals surface area contributed by atoms with Crippen molar-refractivity contribution in [2.24, 2.45) is 5.10 Å². The highest BCUT2D eigenvalue weighted by molar-refractivity contribution is 9.10. The summed E-state index contributed by atoms with van der Waals surface area (Å²) in [5.74, 6) is -0.904. The minimum atomic E-state index is -0.985. The van der Waals surface area contributed by atoms with Crippen molar-refractivity contribution in [1.82, 2.24) is 5.43 Å². The number of hydrogen-bond acceptors (Lipinski definition) is 8. The average Bonchev–Trinajstić information content (AvgIpc) is 2.89. The molecule has 0 heterocycles. The number of halogens is 1. The van der Waals surface area contributed by atoms with Gasteiger partial charge >= 0.3 is 17.8 Å². The van der Waals surface area contributed by atoms with Crippen LogP contribution in [0.15, 0.2) is 70.2 Å². The highest BCUT2D eigenvalue weighted by Crippen LogP contribution is 2.29. The standard InChI is InChI=1S/C25H22BrN3O7/c1-33-19-8-6-18(7-9-19)28-23(30)24(31)29-27-14-16-12-17(26)5-11-20(16)36-25(32)15-4-10-21(34-2)22(13-15)35-3/h4-14H,1-3H3,(H,28,30)(H,29,31). The highest BCUT2D eigenvalue weighted by atomic mass is 79.9. The maximum absolute atomic E-state index is 12.7. The van der Waals surface area contributed by atoms with Crippen LogP contribution in [0.5, 0.6) is 23.0 Å². The van der Waals surface area contributed by atoms with Crippen LogP contribution in [0.3, 0.4) is 0 Å². The van der Waals surface area contributed by atoms with Crippen LogP contribution in [0, 0.1) is 0 Å². The molecule has 0 aliphatic heterocycles. The number of methoxy groups -OCH3 is 3. The van der Waals surface area contributed by atoms with Crippen LogP contribution in [0.1, 0.15) is 15.9 Å². The van der Waals surface area contributed by atoms with Gasteiger partial charge in [0.1, 0.15) is 11.5 Å². The summed E-state index contributed by atoms with van der Waals surface area (Å²) < 4.78 is 21.6. The summed E-state index contributed by atoms with van der Waals surface area (Å²) in [7, 11) is 4.47. The number of hydrogen-bond donors (Lipinski definition) is 2. The highest BCUT2D eigenvalue weighted by Gasteiger charge is 2.16. The molecule has 0 radical (unpaired) electrons. The zero-order chi connectivity index (χ0) is 26.1. The summed E-state index contributed by atoms with van der Waals surface area (Å²) in [6.45, 7) is 0. The molecule has 3 rings (SSSR count). The summed E-state index contributed by atoms with van der Waals surface area (Å²) in [6.07, 6.45) is 1.25. The Bertz CT molecular complexity index is 1290. The van der Waals surface area contributed by atoms with E-state index in [9.17, 15) is 14.4 Å². The normalized spacial score (nSPS) is 10.4. The van der Waals surface area contributed by atoms with Crippen LogP contribution < -0.4 is 29.7 Å². The molecule has 2 amide bonds. The van der Waals surface area contributed by atoms with Gasteiger partial charge in [-0.3, -0.25) is 9.59 Å². The van der Waals surface area contributed by atoms with E-state index in [4.69, 9.17) is 18.9 Å². The van der Waals surface area contributed by atoms with E-state index in [2.05, 4.69) is 31.8 Å². The van der Waals surface area contributed by atoms with E-state index in [-0.39, 0.29) is 11.3 Å². The fourth-order valence-corrected chi connectivity index (χ4v) is 3.29. The molecule has 186 valence electrons. The molecule has 0 aliphatic carbocycles. The number of carbonyl (C=O) groups excluding carboxylic acids is 3. The molecule has 0 bridgehead atoms. The summed E-state index contributed by atoms with van der Waals surface area (Å²) in [6, 6.07) is 16.0. The SMILES string of the molecule is COc1ccc(NC(=O)C(=O)NN=Cc2cc(Br)ccc2OC(=O)c2ccc(OC)c(OC)c2)cc1. The van der Waals surface area contributed by atoms with Crippen molar-refractivity contribution in [2.75, 3.05) is 26.6 Å². The van der Waals surface area contributed by atoms with Gasteiger partial charge in [0.05, 0.1) is 33.1 Å². The Kier molecular flexibility index (Phi) is 9.01. The second-order valence-corrected chi connectivity index (χ2v) is 7.94. The third kappa shape index (κ3) is 6.83. The van der Waals surface area contributed by atoms with E-state index in [1.54, 1.807) is 48.5 Å². The maximum Gasteiger partial charge on any atom is 0.343 e. The number of amides is 2. The van der Waals surface area contributed by atoms with Gasteiger partial charge in [-0.2, -0.15) is 5.10 Å². The van der Waals surface area contributed by atoms with Gasteiger partial charge in [-0.05, 0) is 60.7 Å². The van der Waals surface area contributed by atoms with Crippen molar-refractivity contribution in [2.45, 2.75) is 0 Å². The number of nitrogens with zero attached hydrogens (tertiary/aromatic N) is 1. The lowest BCUT2D eigenvalue weighted by molar-refractivity contribution is -0.136. The maximum atomic E-state index is 12.7. The lowest BCUT2D eigenvalue weighted by atomic mass is 10.2. The molecule has 10 nitrogen and oxygen atoms in total. The van der Waals surface area contributed by atoms with Crippen molar-refractivity contribution in [3.63, 3.8) is 0 Å². The molecule has 0 atom stereocenters.